The first-order chi connectivity index (χ1) is 9.25. The van der Waals surface area contributed by atoms with Crippen molar-refractivity contribution in [2.24, 2.45) is 5.92 Å². The number of ketones is 1. The Hall–Kier alpha value is -1.38. The van der Waals surface area contributed by atoms with Gasteiger partial charge in [-0.2, -0.15) is 0 Å². The van der Waals surface area contributed by atoms with Crippen LogP contribution in [0.5, 0.6) is 0 Å². The molecule has 3 rings (SSSR count). The van der Waals surface area contributed by atoms with Gasteiger partial charge >= 0.3 is 0 Å². The lowest BCUT2D eigenvalue weighted by Crippen LogP contribution is -2.35. The highest BCUT2D eigenvalue weighted by Crippen LogP contribution is 2.37. The van der Waals surface area contributed by atoms with Crippen LogP contribution in [0.1, 0.15) is 55.8 Å². The highest BCUT2D eigenvalue weighted by Gasteiger charge is 2.33. The van der Waals surface area contributed by atoms with Crippen molar-refractivity contribution in [3.8, 4) is 0 Å². The lowest BCUT2D eigenvalue weighted by atomic mass is 9.96. The van der Waals surface area contributed by atoms with Gasteiger partial charge in [-0.25, -0.2) is 4.98 Å². The van der Waals surface area contributed by atoms with Gasteiger partial charge in [-0.3, -0.25) is 4.79 Å². The number of anilines is 1. The molecule has 0 spiro atoms. The standard InChI is InChI=1S/C16H22N2O/c1-12(19)14-8-9-17-16(11-14)18-10-4-7-15(18)13-5-2-3-6-13/h8-9,11,13,15H,2-7,10H2,1H3. The fourth-order valence-electron chi connectivity index (χ4n) is 3.70. The maximum Gasteiger partial charge on any atom is 0.159 e. The molecule has 3 nitrogen and oxygen atoms in total. The molecule has 1 aromatic heterocycles. The Morgan fingerprint density at radius 1 is 1.26 bits per heavy atom. The molecule has 0 bridgehead atoms. The van der Waals surface area contributed by atoms with E-state index in [1.807, 2.05) is 12.1 Å². The van der Waals surface area contributed by atoms with E-state index in [-0.39, 0.29) is 5.78 Å². The lowest BCUT2D eigenvalue weighted by molar-refractivity contribution is 0.101. The molecule has 1 aliphatic heterocycles. The number of rotatable bonds is 3. The second-order valence-corrected chi connectivity index (χ2v) is 5.91. The van der Waals surface area contributed by atoms with Crippen molar-refractivity contribution in [2.75, 3.05) is 11.4 Å². The van der Waals surface area contributed by atoms with Crippen LogP contribution in [0.3, 0.4) is 0 Å². The number of hydrogen-bond donors (Lipinski definition) is 0. The minimum absolute atomic E-state index is 0.125. The molecular weight excluding hydrogens is 236 g/mol. The minimum atomic E-state index is 0.125. The fraction of sp³-hybridized carbons (Fsp3) is 0.625. The number of carbonyl (C=O) groups excluding carboxylic acids is 1. The summed E-state index contributed by atoms with van der Waals surface area (Å²) in [5.74, 6) is 1.97. The Morgan fingerprint density at radius 2 is 2.05 bits per heavy atom. The molecule has 1 aliphatic carbocycles. The summed E-state index contributed by atoms with van der Waals surface area (Å²) in [6, 6.07) is 4.43. The Labute approximate surface area is 115 Å². The average Bonchev–Trinajstić information content (AvgIpc) is 3.09. The van der Waals surface area contributed by atoms with Crippen molar-refractivity contribution in [1.29, 1.82) is 0 Å². The molecule has 1 saturated heterocycles. The zero-order chi connectivity index (χ0) is 13.2. The monoisotopic (exact) mass is 258 g/mol. The highest BCUT2D eigenvalue weighted by atomic mass is 16.1. The van der Waals surface area contributed by atoms with Crippen LogP contribution in [0.25, 0.3) is 0 Å². The molecule has 0 radical (unpaired) electrons. The molecule has 1 unspecified atom stereocenters. The normalized spacial score (nSPS) is 24.1. The number of hydrogen-bond acceptors (Lipinski definition) is 3. The first-order valence-corrected chi connectivity index (χ1v) is 7.49. The van der Waals surface area contributed by atoms with Crippen molar-refractivity contribution in [3.05, 3.63) is 23.9 Å². The van der Waals surface area contributed by atoms with Crippen LogP contribution in [0, 0.1) is 5.92 Å². The molecule has 19 heavy (non-hydrogen) atoms. The Kier molecular flexibility index (Phi) is 3.54. The van der Waals surface area contributed by atoms with Crippen molar-refractivity contribution < 1.29 is 4.79 Å². The van der Waals surface area contributed by atoms with Crippen LogP contribution < -0.4 is 4.90 Å². The van der Waals surface area contributed by atoms with Gasteiger partial charge in [0.05, 0.1) is 0 Å². The molecular formula is C16H22N2O. The molecule has 2 heterocycles. The Bertz CT molecular complexity index is 466. The predicted molar refractivity (Wildman–Crippen MR) is 76.6 cm³/mol. The predicted octanol–water partition coefficient (Wildman–Crippen LogP) is 3.44. The Morgan fingerprint density at radius 3 is 2.79 bits per heavy atom. The largest absolute Gasteiger partial charge is 0.353 e. The molecule has 1 saturated carbocycles. The number of nitrogens with zero attached hydrogens (tertiary/aromatic N) is 2. The molecule has 3 heteroatoms. The van der Waals surface area contributed by atoms with Gasteiger partial charge in [0.1, 0.15) is 5.82 Å². The van der Waals surface area contributed by atoms with Gasteiger partial charge in [0, 0.05) is 24.3 Å². The number of pyridine rings is 1. The first kappa shape index (κ1) is 12.6. The summed E-state index contributed by atoms with van der Waals surface area (Å²) >= 11 is 0. The van der Waals surface area contributed by atoms with Crippen molar-refractivity contribution in [2.45, 2.75) is 51.5 Å². The fourth-order valence-corrected chi connectivity index (χ4v) is 3.70. The van der Waals surface area contributed by atoms with Crippen LogP contribution in [-0.2, 0) is 0 Å². The third kappa shape index (κ3) is 2.51. The van der Waals surface area contributed by atoms with E-state index in [9.17, 15) is 4.79 Å². The summed E-state index contributed by atoms with van der Waals surface area (Å²) in [7, 11) is 0. The number of Topliss-reactive ketones (excluding diaryl/α,β-unsaturated/α-hetero) is 1. The summed E-state index contributed by atoms with van der Waals surface area (Å²) in [5.41, 5.74) is 0.780. The summed E-state index contributed by atoms with van der Waals surface area (Å²) in [4.78, 5) is 18.4. The van der Waals surface area contributed by atoms with Crippen LogP contribution in [-0.4, -0.2) is 23.4 Å². The molecule has 0 aromatic carbocycles. The summed E-state index contributed by atoms with van der Waals surface area (Å²) in [6.45, 7) is 2.72. The van der Waals surface area contributed by atoms with Crippen LogP contribution in [0.4, 0.5) is 5.82 Å². The van der Waals surface area contributed by atoms with E-state index in [2.05, 4.69) is 9.88 Å². The smallest absolute Gasteiger partial charge is 0.159 e. The van der Waals surface area contributed by atoms with Gasteiger partial charge in [-0.05, 0) is 50.7 Å². The van der Waals surface area contributed by atoms with E-state index in [4.69, 9.17) is 0 Å². The van der Waals surface area contributed by atoms with Crippen LogP contribution in [0.15, 0.2) is 18.3 Å². The van der Waals surface area contributed by atoms with E-state index in [1.54, 1.807) is 13.1 Å². The van der Waals surface area contributed by atoms with Gasteiger partial charge < -0.3 is 4.90 Å². The third-order valence-electron chi connectivity index (χ3n) is 4.69. The second-order valence-electron chi connectivity index (χ2n) is 5.91. The quantitative estimate of drug-likeness (QED) is 0.779. The molecule has 1 aromatic rings. The van der Waals surface area contributed by atoms with Gasteiger partial charge in [-0.1, -0.05) is 12.8 Å². The summed E-state index contributed by atoms with van der Waals surface area (Å²) in [5, 5.41) is 0. The molecule has 0 N–H and O–H groups in total. The van der Waals surface area contributed by atoms with E-state index in [1.165, 1.54) is 38.5 Å². The van der Waals surface area contributed by atoms with Crippen molar-refractivity contribution >= 4 is 11.6 Å². The SMILES string of the molecule is CC(=O)c1ccnc(N2CCCC2C2CCCC2)c1. The zero-order valence-electron chi connectivity index (χ0n) is 11.6. The van der Waals surface area contributed by atoms with Gasteiger partial charge in [0.15, 0.2) is 5.78 Å². The molecule has 102 valence electrons. The number of carbonyl (C=O) groups is 1. The lowest BCUT2D eigenvalue weighted by Gasteiger charge is -2.30. The topological polar surface area (TPSA) is 33.2 Å². The maximum absolute atomic E-state index is 11.5. The van der Waals surface area contributed by atoms with Crippen LogP contribution in [0.2, 0.25) is 0 Å². The first-order valence-electron chi connectivity index (χ1n) is 7.49. The van der Waals surface area contributed by atoms with Crippen molar-refractivity contribution in [3.63, 3.8) is 0 Å². The summed E-state index contributed by atoms with van der Waals surface area (Å²) < 4.78 is 0. The third-order valence-corrected chi connectivity index (χ3v) is 4.69. The highest BCUT2D eigenvalue weighted by molar-refractivity contribution is 5.94. The number of aromatic nitrogens is 1. The molecule has 2 aliphatic rings. The van der Waals surface area contributed by atoms with E-state index in [0.29, 0.717) is 6.04 Å². The van der Waals surface area contributed by atoms with Crippen molar-refractivity contribution in [1.82, 2.24) is 4.98 Å². The van der Waals surface area contributed by atoms with Gasteiger partial charge in [-0.15, -0.1) is 0 Å². The van der Waals surface area contributed by atoms with Gasteiger partial charge in [0.25, 0.3) is 0 Å². The van der Waals surface area contributed by atoms with E-state index < -0.39 is 0 Å². The zero-order valence-corrected chi connectivity index (χ0v) is 11.6. The maximum atomic E-state index is 11.5. The van der Waals surface area contributed by atoms with E-state index >= 15 is 0 Å². The molecule has 1 atom stereocenters. The van der Waals surface area contributed by atoms with Gasteiger partial charge in [0.2, 0.25) is 0 Å². The Balaban J connectivity index is 1.83. The van der Waals surface area contributed by atoms with E-state index in [0.717, 1.165) is 23.8 Å². The summed E-state index contributed by atoms with van der Waals surface area (Å²) in [6.07, 6.45) is 9.83. The molecule has 0 amide bonds. The minimum Gasteiger partial charge on any atom is -0.353 e. The van der Waals surface area contributed by atoms with Crippen LogP contribution >= 0.6 is 0 Å². The average molecular weight is 258 g/mol. The second kappa shape index (κ2) is 5.32. The molecule has 2 fully saturated rings.